The molecule has 9 heteroatoms. The van der Waals surface area contributed by atoms with Crippen LogP contribution in [0, 0.1) is 13.8 Å². The number of carbonyl (C=O) groups is 1. The molecule has 0 aliphatic heterocycles. The van der Waals surface area contributed by atoms with Crippen molar-refractivity contribution in [1.82, 2.24) is 4.72 Å². The molecule has 0 fully saturated rings. The fourth-order valence-corrected chi connectivity index (χ4v) is 4.63. The van der Waals surface area contributed by atoms with Crippen LogP contribution in [-0.2, 0) is 24.7 Å². The van der Waals surface area contributed by atoms with Gasteiger partial charge in [-0.3, -0.25) is 4.79 Å². The summed E-state index contributed by atoms with van der Waals surface area (Å²) >= 11 is 0. The van der Waals surface area contributed by atoms with Crippen molar-refractivity contribution in [3.8, 4) is 0 Å². The van der Waals surface area contributed by atoms with Crippen molar-refractivity contribution in [3.63, 3.8) is 0 Å². The van der Waals surface area contributed by atoms with Gasteiger partial charge in [0.2, 0.25) is 15.9 Å². The molecule has 0 unspecified atom stereocenters. The smallest absolute Gasteiger partial charge is 0.240 e. The Balaban J connectivity index is 2.08. The summed E-state index contributed by atoms with van der Waals surface area (Å²) in [4.78, 5) is 12.3. The third-order valence-corrected chi connectivity index (χ3v) is 7.30. The van der Waals surface area contributed by atoms with Crippen LogP contribution in [0.1, 0.15) is 17.5 Å². The molecule has 0 bridgehead atoms. The average Bonchev–Trinajstić information content (AvgIpc) is 2.62. The van der Waals surface area contributed by atoms with Crippen molar-refractivity contribution in [1.29, 1.82) is 0 Å². The van der Waals surface area contributed by atoms with Crippen LogP contribution < -0.4 is 10.0 Å². The van der Waals surface area contributed by atoms with Crippen molar-refractivity contribution in [2.75, 3.05) is 18.1 Å². The number of nitrogens with one attached hydrogen (secondary N) is 2. The zero-order chi connectivity index (χ0) is 20.2. The van der Waals surface area contributed by atoms with Crippen LogP contribution in [0.5, 0.6) is 0 Å². The van der Waals surface area contributed by atoms with Crippen LogP contribution >= 0.6 is 0 Å². The Morgan fingerprint density at radius 1 is 0.963 bits per heavy atom. The number of anilines is 1. The fourth-order valence-electron chi connectivity index (χ4n) is 2.39. The summed E-state index contributed by atoms with van der Waals surface area (Å²) in [5.41, 5.74) is 1.76. The highest BCUT2D eigenvalue weighted by molar-refractivity contribution is 7.91. The summed E-state index contributed by atoms with van der Waals surface area (Å²) in [5, 5.41) is 2.54. The number of aryl methyl sites for hydroxylation is 2. The second-order valence-corrected chi connectivity index (χ2v) is 10.1. The highest BCUT2D eigenvalue weighted by atomic mass is 32.2. The molecular formula is C18H22N2O5S2. The van der Waals surface area contributed by atoms with Crippen LogP contribution in [0.2, 0.25) is 0 Å². The largest absolute Gasteiger partial charge is 0.326 e. The van der Waals surface area contributed by atoms with E-state index in [1.807, 2.05) is 6.92 Å². The zero-order valence-corrected chi connectivity index (χ0v) is 16.9. The molecule has 1 amide bonds. The van der Waals surface area contributed by atoms with Crippen molar-refractivity contribution >= 4 is 31.5 Å². The first-order chi connectivity index (χ1) is 12.5. The maximum Gasteiger partial charge on any atom is 0.240 e. The van der Waals surface area contributed by atoms with E-state index >= 15 is 0 Å². The Hall–Kier alpha value is -2.23. The first kappa shape index (κ1) is 21.1. The Bertz CT molecular complexity index is 1040. The molecular weight excluding hydrogens is 388 g/mol. The summed E-state index contributed by atoms with van der Waals surface area (Å²) < 4.78 is 50.8. The molecule has 2 rings (SSSR count). The highest BCUT2D eigenvalue weighted by Crippen LogP contribution is 2.20. The third kappa shape index (κ3) is 5.38. The van der Waals surface area contributed by atoms with Gasteiger partial charge in [-0.2, -0.15) is 0 Å². The molecule has 0 aliphatic carbocycles. The highest BCUT2D eigenvalue weighted by Gasteiger charge is 2.18. The van der Waals surface area contributed by atoms with Crippen LogP contribution in [0.25, 0.3) is 0 Å². The van der Waals surface area contributed by atoms with Crippen molar-refractivity contribution < 1.29 is 21.6 Å². The van der Waals surface area contributed by atoms with Gasteiger partial charge in [-0.15, -0.1) is 0 Å². The second-order valence-electron chi connectivity index (χ2n) is 6.12. The van der Waals surface area contributed by atoms with Gasteiger partial charge in [0.1, 0.15) is 0 Å². The zero-order valence-electron chi connectivity index (χ0n) is 15.3. The monoisotopic (exact) mass is 410 g/mol. The van der Waals surface area contributed by atoms with Crippen LogP contribution in [0.4, 0.5) is 5.69 Å². The van der Waals surface area contributed by atoms with Gasteiger partial charge in [0.05, 0.1) is 15.5 Å². The predicted molar refractivity (Wildman–Crippen MR) is 104 cm³/mol. The summed E-state index contributed by atoms with van der Waals surface area (Å²) in [6.45, 7) is 3.50. The van der Waals surface area contributed by atoms with Gasteiger partial charge in [-0.1, -0.05) is 23.8 Å². The van der Waals surface area contributed by atoms with Gasteiger partial charge in [0.25, 0.3) is 0 Å². The van der Waals surface area contributed by atoms with E-state index in [2.05, 4.69) is 10.0 Å². The summed E-state index contributed by atoms with van der Waals surface area (Å²) in [6, 6.07) is 10.9. The normalized spacial score (nSPS) is 12.0. The molecule has 0 saturated carbocycles. The number of benzene rings is 2. The minimum atomic E-state index is -3.66. The molecule has 146 valence electrons. The molecule has 7 nitrogen and oxygen atoms in total. The van der Waals surface area contributed by atoms with Crippen molar-refractivity contribution in [2.24, 2.45) is 0 Å². The standard InChI is InChI=1S/C18H22N2O5S2/c1-13-4-8-16(9-5-13)26(22,23)11-10-18(21)20-15-7-6-14(2)17(12-15)27(24,25)19-3/h4-9,12,19H,10-11H2,1-3H3,(H,20,21). The number of amides is 1. The predicted octanol–water partition coefficient (Wildman–Crippen LogP) is 2.01. The number of carbonyl (C=O) groups excluding carboxylic acids is 1. The lowest BCUT2D eigenvalue weighted by Crippen LogP contribution is -2.21. The molecule has 0 spiro atoms. The SMILES string of the molecule is CNS(=O)(=O)c1cc(NC(=O)CCS(=O)(=O)c2ccc(C)cc2)ccc1C. The first-order valence-corrected chi connectivity index (χ1v) is 11.3. The van der Waals surface area contributed by atoms with Gasteiger partial charge in [0.15, 0.2) is 9.84 Å². The van der Waals surface area contributed by atoms with Crippen molar-refractivity contribution in [2.45, 2.75) is 30.1 Å². The van der Waals surface area contributed by atoms with E-state index in [4.69, 9.17) is 0 Å². The molecule has 2 aromatic carbocycles. The average molecular weight is 411 g/mol. The van der Waals surface area contributed by atoms with Crippen LogP contribution in [0.3, 0.4) is 0 Å². The maximum atomic E-state index is 12.3. The molecule has 0 atom stereocenters. The summed E-state index contributed by atoms with van der Waals surface area (Å²) in [5.74, 6) is -0.850. The Morgan fingerprint density at radius 2 is 1.59 bits per heavy atom. The van der Waals surface area contributed by atoms with Gasteiger partial charge in [0, 0.05) is 12.1 Å². The van der Waals surface area contributed by atoms with E-state index in [-0.39, 0.29) is 27.7 Å². The summed E-state index contributed by atoms with van der Waals surface area (Å²) in [7, 11) is -5.93. The minimum absolute atomic E-state index is 0.0510. The van der Waals surface area contributed by atoms with E-state index < -0.39 is 25.8 Å². The quantitative estimate of drug-likeness (QED) is 0.726. The number of sulfonamides is 1. The maximum absolute atomic E-state index is 12.3. The second kappa shape index (κ2) is 8.20. The fraction of sp³-hybridized carbons (Fsp3) is 0.278. The number of sulfone groups is 1. The van der Waals surface area contributed by atoms with Crippen LogP contribution in [-0.4, -0.2) is 35.5 Å². The number of hydrogen-bond acceptors (Lipinski definition) is 5. The molecule has 27 heavy (non-hydrogen) atoms. The number of rotatable bonds is 7. The van der Waals surface area contributed by atoms with Crippen molar-refractivity contribution in [3.05, 3.63) is 53.6 Å². The Labute approximate surface area is 159 Å². The lowest BCUT2D eigenvalue weighted by atomic mass is 10.2. The molecule has 0 saturated heterocycles. The van der Waals surface area contributed by atoms with Gasteiger partial charge < -0.3 is 5.32 Å². The van der Waals surface area contributed by atoms with Crippen LogP contribution in [0.15, 0.2) is 52.3 Å². The Morgan fingerprint density at radius 3 is 2.19 bits per heavy atom. The van der Waals surface area contributed by atoms with Gasteiger partial charge >= 0.3 is 0 Å². The topological polar surface area (TPSA) is 109 Å². The lowest BCUT2D eigenvalue weighted by Gasteiger charge is -2.10. The lowest BCUT2D eigenvalue weighted by molar-refractivity contribution is -0.115. The molecule has 0 aromatic heterocycles. The van der Waals surface area contributed by atoms with E-state index in [1.54, 1.807) is 31.2 Å². The third-order valence-electron chi connectivity index (χ3n) is 4.01. The minimum Gasteiger partial charge on any atom is -0.326 e. The summed E-state index contributed by atoms with van der Waals surface area (Å²) in [6.07, 6.45) is -0.238. The molecule has 0 radical (unpaired) electrons. The van der Waals surface area contributed by atoms with E-state index in [0.29, 0.717) is 5.56 Å². The van der Waals surface area contributed by atoms with Gasteiger partial charge in [-0.05, 0) is 50.7 Å². The van der Waals surface area contributed by atoms with E-state index in [9.17, 15) is 21.6 Å². The van der Waals surface area contributed by atoms with E-state index in [0.717, 1.165) is 5.56 Å². The molecule has 0 aliphatic rings. The molecule has 2 N–H and O–H groups in total. The van der Waals surface area contributed by atoms with Gasteiger partial charge in [-0.25, -0.2) is 21.6 Å². The van der Waals surface area contributed by atoms with E-state index in [1.165, 1.54) is 25.2 Å². The first-order valence-electron chi connectivity index (χ1n) is 8.18. The Kier molecular flexibility index (Phi) is 6.40. The number of hydrogen-bond donors (Lipinski definition) is 2. The molecule has 2 aromatic rings. The molecule has 0 heterocycles.